The molecule has 0 radical (unpaired) electrons. The van der Waals surface area contributed by atoms with Crippen LogP contribution in [0.4, 0.5) is 14.6 Å². The van der Waals surface area contributed by atoms with Crippen molar-refractivity contribution in [2.75, 3.05) is 17.6 Å². The standard InChI is InChI=1S/C20H23F2N7O5S2/c21-14(22)11-25-36(32,33)13-6-7-15(24-10-13)26-18(30)16(12-4-2-1-3-5-12)27-19(31)17-20(29-34-28-17)35-9-8-23/h6-7,10,12,14,16,25H,1-5,9,11H2,(H,27,31)(H,24,26,30)/t16-/m0/s1. The van der Waals surface area contributed by atoms with E-state index < -0.39 is 40.8 Å². The van der Waals surface area contributed by atoms with Crippen LogP contribution in [0.25, 0.3) is 0 Å². The van der Waals surface area contributed by atoms with Crippen LogP contribution in [-0.4, -0.2) is 60.3 Å². The zero-order valence-corrected chi connectivity index (χ0v) is 20.4. The van der Waals surface area contributed by atoms with Crippen LogP contribution in [0, 0.1) is 17.2 Å². The van der Waals surface area contributed by atoms with Gasteiger partial charge in [-0.05, 0) is 41.2 Å². The lowest BCUT2D eigenvalue weighted by molar-refractivity contribution is -0.119. The molecule has 1 atom stereocenters. The van der Waals surface area contributed by atoms with E-state index in [4.69, 9.17) is 5.26 Å². The summed E-state index contributed by atoms with van der Waals surface area (Å²) in [6.07, 6.45) is 2.25. The Morgan fingerprint density at radius 2 is 1.97 bits per heavy atom. The summed E-state index contributed by atoms with van der Waals surface area (Å²) in [4.78, 5) is 29.6. The van der Waals surface area contributed by atoms with E-state index in [9.17, 15) is 26.8 Å². The molecular weight excluding hydrogens is 520 g/mol. The van der Waals surface area contributed by atoms with Gasteiger partial charge in [0.15, 0.2) is 5.03 Å². The molecule has 2 heterocycles. The number of sulfonamides is 1. The summed E-state index contributed by atoms with van der Waals surface area (Å²) in [5.41, 5.74) is -0.146. The van der Waals surface area contributed by atoms with Crippen LogP contribution in [0.3, 0.4) is 0 Å². The largest absolute Gasteiger partial charge is 0.338 e. The van der Waals surface area contributed by atoms with Gasteiger partial charge in [0, 0.05) is 6.20 Å². The van der Waals surface area contributed by atoms with Crippen LogP contribution >= 0.6 is 11.8 Å². The molecule has 0 spiro atoms. The SMILES string of the molecule is N#CCSc1nonc1C(=O)N[C@H](C(=O)Nc1ccc(S(=O)(=O)NCC(F)F)cn1)C1CCCCC1. The summed E-state index contributed by atoms with van der Waals surface area (Å²) in [6.45, 7) is -1.04. The summed E-state index contributed by atoms with van der Waals surface area (Å²) in [6, 6.07) is 3.28. The number of nitrogens with one attached hydrogen (secondary N) is 3. The lowest BCUT2D eigenvalue weighted by Crippen LogP contribution is -2.49. The fraction of sp³-hybridized carbons (Fsp3) is 0.500. The predicted octanol–water partition coefficient (Wildman–Crippen LogP) is 1.94. The maximum Gasteiger partial charge on any atom is 0.277 e. The number of anilines is 1. The Balaban J connectivity index is 1.73. The van der Waals surface area contributed by atoms with E-state index >= 15 is 0 Å². The molecule has 2 amide bonds. The Kier molecular flexibility index (Phi) is 9.67. The van der Waals surface area contributed by atoms with Crippen LogP contribution in [0.5, 0.6) is 0 Å². The van der Waals surface area contributed by atoms with E-state index in [1.165, 1.54) is 6.07 Å². The molecule has 0 saturated heterocycles. The van der Waals surface area contributed by atoms with E-state index in [0.29, 0.717) is 12.8 Å². The Hall–Kier alpha value is -3.16. The summed E-state index contributed by atoms with van der Waals surface area (Å²) in [5, 5.41) is 21.3. The average Bonchev–Trinajstić information content (AvgIpc) is 3.34. The smallest absolute Gasteiger partial charge is 0.277 e. The van der Waals surface area contributed by atoms with Gasteiger partial charge in [0.1, 0.15) is 16.8 Å². The second-order valence-corrected chi connectivity index (χ2v) is 10.6. The molecule has 0 aromatic carbocycles. The summed E-state index contributed by atoms with van der Waals surface area (Å²) in [7, 11) is -4.19. The maximum atomic E-state index is 13.1. The molecule has 1 fully saturated rings. The number of halogens is 2. The number of amides is 2. The van der Waals surface area contributed by atoms with Crippen LogP contribution < -0.4 is 15.4 Å². The van der Waals surface area contributed by atoms with Gasteiger partial charge in [-0.2, -0.15) is 5.26 Å². The van der Waals surface area contributed by atoms with Gasteiger partial charge in [0.05, 0.1) is 18.4 Å². The van der Waals surface area contributed by atoms with Gasteiger partial charge >= 0.3 is 0 Å². The number of thioether (sulfide) groups is 1. The average molecular weight is 544 g/mol. The summed E-state index contributed by atoms with van der Waals surface area (Å²) >= 11 is 0.968. The van der Waals surface area contributed by atoms with Crippen LogP contribution in [0.1, 0.15) is 42.6 Å². The number of aromatic nitrogens is 3. The summed E-state index contributed by atoms with van der Waals surface area (Å²) in [5.74, 6) is -1.40. The summed E-state index contributed by atoms with van der Waals surface area (Å²) < 4.78 is 55.1. The molecule has 12 nitrogen and oxygen atoms in total. The third kappa shape index (κ3) is 7.42. The number of rotatable bonds is 11. The van der Waals surface area contributed by atoms with Crippen molar-refractivity contribution in [1.82, 2.24) is 25.3 Å². The predicted molar refractivity (Wildman–Crippen MR) is 123 cm³/mol. The number of hydrogen-bond acceptors (Lipinski definition) is 10. The molecule has 1 saturated carbocycles. The molecule has 3 N–H and O–H groups in total. The topological polar surface area (TPSA) is 180 Å². The van der Waals surface area contributed by atoms with Crippen molar-refractivity contribution in [3.63, 3.8) is 0 Å². The number of hydrogen-bond donors (Lipinski definition) is 3. The Morgan fingerprint density at radius 3 is 2.61 bits per heavy atom. The van der Waals surface area contributed by atoms with Crippen LogP contribution in [0.2, 0.25) is 0 Å². The van der Waals surface area contributed by atoms with E-state index in [0.717, 1.165) is 43.3 Å². The minimum Gasteiger partial charge on any atom is -0.338 e. The Labute approximate surface area is 209 Å². The molecule has 0 unspecified atom stereocenters. The van der Waals surface area contributed by atoms with Crippen LogP contribution in [0.15, 0.2) is 32.9 Å². The molecule has 0 aliphatic heterocycles. The highest BCUT2D eigenvalue weighted by molar-refractivity contribution is 7.99. The zero-order valence-electron chi connectivity index (χ0n) is 18.8. The third-order valence-electron chi connectivity index (χ3n) is 5.36. The van der Waals surface area contributed by atoms with Crippen molar-refractivity contribution in [3.05, 3.63) is 24.0 Å². The molecule has 36 heavy (non-hydrogen) atoms. The maximum absolute atomic E-state index is 13.1. The highest BCUT2D eigenvalue weighted by Gasteiger charge is 2.33. The first-order valence-corrected chi connectivity index (χ1v) is 13.4. The van der Waals surface area contributed by atoms with E-state index in [-0.39, 0.29) is 33.1 Å². The zero-order chi connectivity index (χ0) is 26.1. The van der Waals surface area contributed by atoms with Gasteiger partial charge in [0.2, 0.25) is 21.6 Å². The number of pyridine rings is 1. The number of carbonyl (C=O) groups is 2. The molecular formula is C20H23F2N7O5S2. The first-order valence-electron chi connectivity index (χ1n) is 10.9. The molecule has 16 heteroatoms. The Morgan fingerprint density at radius 1 is 1.22 bits per heavy atom. The van der Waals surface area contributed by atoms with Gasteiger partial charge in [-0.25, -0.2) is 31.5 Å². The fourth-order valence-corrected chi connectivity index (χ4v) is 5.17. The molecule has 1 aliphatic rings. The third-order valence-corrected chi connectivity index (χ3v) is 7.59. The lowest BCUT2D eigenvalue weighted by atomic mass is 9.83. The van der Waals surface area contributed by atoms with Gasteiger partial charge in [0.25, 0.3) is 12.3 Å². The number of carbonyl (C=O) groups excluding carboxylic acids is 2. The number of nitrogens with zero attached hydrogens (tertiary/aromatic N) is 4. The highest BCUT2D eigenvalue weighted by Crippen LogP contribution is 2.28. The monoisotopic (exact) mass is 543 g/mol. The van der Waals surface area contributed by atoms with Crippen molar-refractivity contribution in [1.29, 1.82) is 5.26 Å². The van der Waals surface area contributed by atoms with E-state index in [1.54, 1.807) is 4.72 Å². The van der Waals surface area contributed by atoms with E-state index in [1.807, 2.05) is 6.07 Å². The second-order valence-electron chi connectivity index (χ2n) is 7.83. The molecule has 1 aliphatic carbocycles. The van der Waals surface area contributed by atoms with Crippen LogP contribution in [-0.2, 0) is 14.8 Å². The molecule has 0 bridgehead atoms. The van der Waals surface area contributed by atoms with Gasteiger partial charge in [-0.1, -0.05) is 31.0 Å². The van der Waals surface area contributed by atoms with Gasteiger partial charge in [-0.3, -0.25) is 9.59 Å². The molecule has 3 rings (SSSR count). The fourth-order valence-electron chi connectivity index (χ4n) is 3.66. The highest BCUT2D eigenvalue weighted by atomic mass is 32.2. The van der Waals surface area contributed by atoms with Gasteiger partial charge < -0.3 is 10.6 Å². The van der Waals surface area contributed by atoms with E-state index in [2.05, 4.69) is 30.6 Å². The Bertz CT molecular complexity index is 1200. The van der Waals surface area contributed by atoms with Crippen molar-refractivity contribution in [2.24, 2.45) is 5.92 Å². The molecule has 2 aromatic rings. The molecule has 194 valence electrons. The lowest BCUT2D eigenvalue weighted by Gasteiger charge is -2.29. The normalized spacial score (nSPS) is 15.3. The van der Waals surface area contributed by atoms with Crippen molar-refractivity contribution >= 4 is 39.4 Å². The molecule has 2 aromatic heterocycles. The minimum absolute atomic E-state index is 0.0104. The van der Waals surface area contributed by atoms with Crippen molar-refractivity contribution in [2.45, 2.75) is 54.5 Å². The number of alkyl halides is 2. The quantitative estimate of drug-likeness (QED) is 0.354. The second kappa shape index (κ2) is 12.7. The first-order chi connectivity index (χ1) is 17.2. The van der Waals surface area contributed by atoms with Crippen molar-refractivity contribution < 1.29 is 31.4 Å². The first kappa shape index (κ1) is 27.4. The number of nitriles is 1. The minimum atomic E-state index is -4.19. The van der Waals surface area contributed by atoms with Gasteiger partial charge in [-0.15, -0.1) is 0 Å². The van der Waals surface area contributed by atoms with Crippen molar-refractivity contribution in [3.8, 4) is 6.07 Å².